The predicted octanol–water partition coefficient (Wildman–Crippen LogP) is 2.32. The molecule has 1 saturated heterocycles. The summed E-state index contributed by atoms with van der Waals surface area (Å²) in [6.07, 6.45) is 7.84. The number of piperidine rings is 1. The molecular weight excluding hydrogens is 342 g/mol. The first kappa shape index (κ1) is 21.1. The summed E-state index contributed by atoms with van der Waals surface area (Å²) in [7, 11) is 5.24. The van der Waals surface area contributed by atoms with E-state index in [0.29, 0.717) is 24.5 Å². The topological polar surface area (TPSA) is 51.2 Å². The van der Waals surface area contributed by atoms with E-state index in [1.165, 1.54) is 32.1 Å². The number of methoxy groups -OCH3 is 3. The van der Waals surface area contributed by atoms with Crippen molar-refractivity contribution in [2.75, 3.05) is 41.0 Å². The van der Waals surface area contributed by atoms with Crippen molar-refractivity contribution >= 4 is 0 Å². The molecule has 1 aliphatic heterocycles. The lowest BCUT2D eigenvalue weighted by molar-refractivity contribution is -0.0942. The Morgan fingerprint density at radius 3 is 2.44 bits per heavy atom. The van der Waals surface area contributed by atoms with Crippen LogP contribution in [0, 0.1) is 29.6 Å². The van der Waals surface area contributed by atoms with E-state index in [0.717, 1.165) is 31.8 Å². The molecule has 0 spiro atoms. The minimum absolute atomic E-state index is 0.0188. The number of likely N-dealkylation sites (tertiary alicyclic amines) is 1. The van der Waals surface area contributed by atoms with Crippen molar-refractivity contribution < 1.29 is 19.3 Å². The van der Waals surface area contributed by atoms with Crippen LogP contribution in [0.3, 0.4) is 0 Å². The molecule has 2 saturated carbocycles. The van der Waals surface area contributed by atoms with Gasteiger partial charge in [0.1, 0.15) is 6.61 Å². The SMILES string of the molecule is COCC#CC1C2CC(O)C(OC)CC2CCN1CC1CCC(OC)CC1. The number of ether oxygens (including phenoxy) is 3. The van der Waals surface area contributed by atoms with Gasteiger partial charge in [0.05, 0.1) is 24.4 Å². The van der Waals surface area contributed by atoms with E-state index < -0.39 is 0 Å². The van der Waals surface area contributed by atoms with Gasteiger partial charge < -0.3 is 19.3 Å². The molecular formula is C22H37NO4. The molecule has 0 aromatic heterocycles. The van der Waals surface area contributed by atoms with Gasteiger partial charge in [-0.15, -0.1) is 0 Å². The van der Waals surface area contributed by atoms with Gasteiger partial charge in [-0.25, -0.2) is 0 Å². The predicted molar refractivity (Wildman–Crippen MR) is 105 cm³/mol. The largest absolute Gasteiger partial charge is 0.390 e. The van der Waals surface area contributed by atoms with Crippen LogP contribution in [-0.4, -0.2) is 75.4 Å². The zero-order valence-electron chi connectivity index (χ0n) is 17.2. The molecule has 5 unspecified atom stereocenters. The van der Waals surface area contributed by atoms with Crippen molar-refractivity contribution in [2.24, 2.45) is 17.8 Å². The zero-order valence-corrected chi connectivity index (χ0v) is 17.2. The fourth-order valence-electron chi connectivity index (χ4n) is 5.47. The minimum Gasteiger partial charge on any atom is -0.390 e. The van der Waals surface area contributed by atoms with Crippen LogP contribution in [0.4, 0.5) is 0 Å². The van der Waals surface area contributed by atoms with E-state index in [4.69, 9.17) is 14.2 Å². The van der Waals surface area contributed by atoms with Crippen molar-refractivity contribution in [1.82, 2.24) is 4.90 Å². The fraction of sp³-hybridized carbons (Fsp3) is 0.909. The first-order valence-electron chi connectivity index (χ1n) is 10.6. The molecule has 3 aliphatic rings. The van der Waals surface area contributed by atoms with Crippen molar-refractivity contribution in [3.63, 3.8) is 0 Å². The molecule has 154 valence electrons. The average Bonchev–Trinajstić information content (AvgIpc) is 2.69. The van der Waals surface area contributed by atoms with Gasteiger partial charge >= 0.3 is 0 Å². The van der Waals surface area contributed by atoms with Gasteiger partial charge in [0, 0.05) is 27.9 Å². The Balaban J connectivity index is 1.67. The summed E-state index contributed by atoms with van der Waals surface area (Å²) in [4.78, 5) is 2.60. The third-order valence-corrected chi connectivity index (χ3v) is 7.06. The molecule has 0 radical (unpaired) electrons. The lowest BCUT2D eigenvalue weighted by Crippen LogP contribution is -2.55. The number of nitrogens with zero attached hydrogens (tertiary/aromatic N) is 1. The van der Waals surface area contributed by atoms with Gasteiger partial charge in [-0.05, 0) is 69.2 Å². The first-order valence-corrected chi connectivity index (χ1v) is 10.6. The molecule has 3 rings (SSSR count). The molecule has 2 aliphatic carbocycles. The van der Waals surface area contributed by atoms with E-state index in [1.54, 1.807) is 14.2 Å². The average molecular weight is 380 g/mol. The van der Waals surface area contributed by atoms with Gasteiger partial charge in [0.25, 0.3) is 0 Å². The smallest absolute Gasteiger partial charge is 0.107 e. The van der Waals surface area contributed by atoms with E-state index >= 15 is 0 Å². The van der Waals surface area contributed by atoms with E-state index in [-0.39, 0.29) is 18.2 Å². The van der Waals surface area contributed by atoms with Crippen molar-refractivity contribution in [2.45, 2.75) is 69.3 Å². The number of hydrogen-bond donors (Lipinski definition) is 1. The molecule has 1 heterocycles. The van der Waals surface area contributed by atoms with E-state index in [2.05, 4.69) is 16.7 Å². The third-order valence-electron chi connectivity index (χ3n) is 7.06. The van der Waals surface area contributed by atoms with Crippen molar-refractivity contribution in [3.05, 3.63) is 0 Å². The molecule has 5 atom stereocenters. The van der Waals surface area contributed by atoms with Crippen LogP contribution >= 0.6 is 0 Å². The van der Waals surface area contributed by atoms with Crippen LogP contribution in [0.15, 0.2) is 0 Å². The lowest BCUT2D eigenvalue weighted by Gasteiger charge is -2.49. The Kier molecular flexibility index (Phi) is 7.98. The number of aliphatic hydroxyl groups is 1. The van der Waals surface area contributed by atoms with Crippen molar-refractivity contribution in [1.29, 1.82) is 0 Å². The highest BCUT2D eigenvalue weighted by Crippen LogP contribution is 2.41. The summed E-state index contributed by atoms with van der Waals surface area (Å²) in [6, 6.07) is 0.228. The summed E-state index contributed by atoms with van der Waals surface area (Å²) in [5.41, 5.74) is 0. The summed E-state index contributed by atoms with van der Waals surface area (Å²) in [5.74, 6) is 8.49. The van der Waals surface area contributed by atoms with Gasteiger partial charge in [-0.3, -0.25) is 4.90 Å². The number of hydrogen-bond acceptors (Lipinski definition) is 5. The van der Waals surface area contributed by atoms with Crippen LogP contribution in [0.1, 0.15) is 44.9 Å². The molecule has 0 amide bonds. The summed E-state index contributed by atoms with van der Waals surface area (Å²) < 4.78 is 16.2. The second-order valence-corrected chi connectivity index (χ2v) is 8.60. The Hall–Kier alpha value is -0.640. The molecule has 27 heavy (non-hydrogen) atoms. The van der Waals surface area contributed by atoms with Crippen LogP contribution < -0.4 is 0 Å². The van der Waals surface area contributed by atoms with E-state index in [9.17, 15) is 5.11 Å². The lowest BCUT2D eigenvalue weighted by atomic mass is 9.68. The Morgan fingerprint density at radius 2 is 1.78 bits per heavy atom. The minimum atomic E-state index is -0.375. The quantitative estimate of drug-likeness (QED) is 0.743. The monoisotopic (exact) mass is 379 g/mol. The molecule has 3 fully saturated rings. The molecule has 0 aromatic rings. The summed E-state index contributed by atoms with van der Waals surface area (Å²) in [5, 5.41) is 10.5. The maximum absolute atomic E-state index is 10.5. The van der Waals surface area contributed by atoms with Crippen LogP contribution in [-0.2, 0) is 14.2 Å². The fourth-order valence-corrected chi connectivity index (χ4v) is 5.47. The highest BCUT2D eigenvalue weighted by molar-refractivity contribution is 5.14. The van der Waals surface area contributed by atoms with Gasteiger partial charge in [0.15, 0.2) is 0 Å². The van der Waals surface area contributed by atoms with Crippen LogP contribution in [0.25, 0.3) is 0 Å². The molecule has 0 bridgehead atoms. The number of aliphatic hydroxyl groups excluding tert-OH is 1. The number of fused-ring (bicyclic) bond motifs is 1. The Morgan fingerprint density at radius 1 is 1.00 bits per heavy atom. The zero-order chi connectivity index (χ0) is 19.2. The summed E-state index contributed by atoms with van der Waals surface area (Å²) in [6.45, 7) is 2.70. The van der Waals surface area contributed by atoms with Crippen LogP contribution in [0.2, 0.25) is 0 Å². The van der Waals surface area contributed by atoms with E-state index in [1.807, 2.05) is 7.11 Å². The summed E-state index contributed by atoms with van der Waals surface area (Å²) >= 11 is 0. The second kappa shape index (κ2) is 10.2. The maximum Gasteiger partial charge on any atom is 0.107 e. The Labute approximate surface area is 164 Å². The Bertz CT molecular complexity index is 508. The molecule has 5 nitrogen and oxygen atoms in total. The second-order valence-electron chi connectivity index (χ2n) is 8.60. The number of rotatable bonds is 5. The molecule has 1 N–H and O–H groups in total. The highest BCUT2D eigenvalue weighted by Gasteiger charge is 2.44. The maximum atomic E-state index is 10.5. The van der Waals surface area contributed by atoms with Gasteiger partial charge in [-0.2, -0.15) is 0 Å². The van der Waals surface area contributed by atoms with Gasteiger partial charge in [-0.1, -0.05) is 11.8 Å². The van der Waals surface area contributed by atoms with Crippen molar-refractivity contribution in [3.8, 4) is 11.8 Å². The normalized spacial score (nSPS) is 40.1. The molecule has 5 heteroatoms. The molecule has 0 aromatic carbocycles. The third kappa shape index (κ3) is 5.25. The highest BCUT2D eigenvalue weighted by atomic mass is 16.5. The van der Waals surface area contributed by atoms with Gasteiger partial charge in [0.2, 0.25) is 0 Å². The standard InChI is InChI=1S/C22H37NO4/c1-25-12-4-5-20-19-14-21(24)22(27-3)13-17(19)10-11-23(20)15-16-6-8-18(26-2)9-7-16/h16-22,24H,6-15H2,1-3H3. The first-order chi connectivity index (χ1) is 13.2. The van der Waals surface area contributed by atoms with Crippen LogP contribution in [0.5, 0.6) is 0 Å².